The molecular formula is C21H20FN3O. The summed E-state index contributed by atoms with van der Waals surface area (Å²) < 4.78 is 12.9. The fourth-order valence-corrected chi connectivity index (χ4v) is 2.56. The predicted octanol–water partition coefficient (Wildman–Crippen LogP) is 4.52. The van der Waals surface area contributed by atoms with Gasteiger partial charge in [-0.3, -0.25) is 9.78 Å². The van der Waals surface area contributed by atoms with Gasteiger partial charge in [0.05, 0.1) is 0 Å². The monoisotopic (exact) mass is 349 g/mol. The van der Waals surface area contributed by atoms with Gasteiger partial charge in [0.25, 0.3) is 5.91 Å². The maximum atomic E-state index is 12.9. The van der Waals surface area contributed by atoms with Crippen LogP contribution in [0.25, 0.3) is 0 Å². The molecule has 0 unspecified atom stereocenters. The van der Waals surface area contributed by atoms with Gasteiger partial charge in [-0.2, -0.15) is 0 Å². The molecule has 132 valence electrons. The van der Waals surface area contributed by atoms with Gasteiger partial charge in [-0.05, 0) is 54.8 Å². The summed E-state index contributed by atoms with van der Waals surface area (Å²) in [6, 6.07) is 19.5. The van der Waals surface area contributed by atoms with Crippen LogP contribution >= 0.6 is 0 Å². The number of carbonyl (C=O) groups excluding carboxylic acids is 1. The smallest absolute Gasteiger partial charge is 0.274 e. The van der Waals surface area contributed by atoms with Crippen LogP contribution in [0.3, 0.4) is 0 Å². The molecule has 2 aromatic carbocycles. The van der Waals surface area contributed by atoms with Crippen LogP contribution in [0.5, 0.6) is 0 Å². The number of pyridine rings is 1. The molecule has 4 nitrogen and oxygen atoms in total. The lowest BCUT2D eigenvalue weighted by Gasteiger charge is -2.09. The molecule has 0 spiro atoms. The molecule has 0 fully saturated rings. The number of benzene rings is 2. The van der Waals surface area contributed by atoms with Crippen LogP contribution in [0, 0.1) is 5.82 Å². The Balaban J connectivity index is 1.52. The zero-order valence-corrected chi connectivity index (χ0v) is 14.3. The second-order valence-electron chi connectivity index (χ2n) is 5.91. The van der Waals surface area contributed by atoms with Crippen LogP contribution in [0.2, 0.25) is 0 Å². The summed E-state index contributed by atoms with van der Waals surface area (Å²) in [6.45, 7) is 0.804. The number of nitrogens with zero attached hydrogens (tertiary/aromatic N) is 1. The average molecular weight is 349 g/mol. The van der Waals surface area contributed by atoms with Crippen molar-refractivity contribution in [1.82, 2.24) is 4.98 Å². The minimum absolute atomic E-state index is 0.308. The topological polar surface area (TPSA) is 54.0 Å². The second-order valence-corrected chi connectivity index (χ2v) is 5.91. The van der Waals surface area contributed by atoms with Gasteiger partial charge in [-0.25, -0.2) is 4.39 Å². The van der Waals surface area contributed by atoms with Crippen molar-refractivity contribution in [2.45, 2.75) is 12.8 Å². The highest BCUT2D eigenvalue weighted by molar-refractivity contribution is 6.03. The maximum absolute atomic E-state index is 12.9. The first-order chi connectivity index (χ1) is 12.7. The van der Waals surface area contributed by atoms with Crippen LogP contribution in [-0.2, 0) is 6.42 Å². The minimum Gasteiger partial charge on any atom is -0.385 e. The highest BCUT2D eigenvalue weighted by Gasteiger charge is 2.08. The number of nitrogens with one attached hydrogen (secondary N) is 2. The van der Waals surface area contributed by atoms with Crippen molar-refractivity contribution in [2.75, 3.05) is 17.2 Å². The zero-order chi connectivity index (χ0) is 18.2. The lowest BCUT2D eigenvalue weighted by atomic mass is 10.1. The molecule has 0 saturated carbocycles. The Hall–Kier alpha value is -3.21. The highest BCUT2D eigenvalue weighted by Crippen LogP contribution is 2.13. The van der Waals surface area contributed by atoms with Crippen molar-refractivity contribution < 1.29 is 9.18 Å². The number of carbonyl (C=O) groups is 1. The third-order valence-corrected chi connectivity index (χ3v) is 3.91. The van der Waals surface area contributed by atoms with E-state index in [4.69, 9.17) is 0 Å². The van der Waals surface area contributed by atoms with E-state index in [1.807, 2.05) is 24.3 Å². The van der Waals surface area contributed by atoms with Crippen LogP contribution in [0.15, 0.2) is 72.9 Å². The molecule has 26 heavy (non-hydrogen) atoms. The third kappa shape index (κ3) is 5.14. The standard InChI is InChI=1S/C21H20FN3O/c22-17-8-10-18(11-9-17)25-21(26)20-15-19(12-14-24-20)23-13-4-7-16-5-2-1-3-6-16/h1-3,5-6,8-12,14-15H,4,7,13H2,(H,23,24)(H,25,26). The van der Waals surface area contributed by atoms with Gasteiger partial charge in [0.15, 0.2) is 0 Å². The fourth-order valence-electron chi connectivity index (χ4n) is 2.56. The Morgan fingerprint density at radius 1 is 0.962 bits per heavy atom. The lowest BCUT2D eigenvalue weighted by Crippen LogP contribution is -2.14. The molecule has 1 heterocycles. The number of amides is 1. The fraction of sp³-hybridized carbons (Fsp3) is 0.143. The normalized spacial score (nSPS) is 10.3. The maximum Gasteiger partial charge on any atom is 0.274 e. The summed E-state index contributed by atoms with van der Waals surface area (Å²) in [5.41, 5.74) is 2.99. The van der Waals surface area contributed by atoms with E-state index in [0.29, 0.717) is 11.4 Å². The quantitative estimate of drug-likeness (QED) is 0.617. The van der Waals surface area contributed by atoms with Crippen molar-refractivity contribution in [2.24, 2.45) is 0 Å². The van der Waals surface area contributed by atoms with E-state index in [0.717, 1.165) is 25.1 Å². The Labute approximate surface area is 152 Å². The number of rotatable bonds is 7. The molecule has 0 saturated heterocycles. The molecule has 0 radical (unpaired) electrons. The molecule has 1 amide bonds. The molecule has 2 N–H and O–H groups in total. The summed E-state index contributed by atoms with van der Waals surface area (Å²) in [5, 5.41) is 6.02. The largest absolute Gasteiger partial charge is 0.385 e. The Morgan fingerprint density at radius 2 is 1.73 bits per heavy atom. The van der Waals surface area contributed by atoms with Crippen molar-refractivity contribution in [3.8, 4) is 0 Å². The van der Waals surface area contributed by atoms with E-state index in [1.165, 1.54) is 29.8 Å². The van der Waals surface area contributed by atoms with Crippen LogP contribution in [0.1, 0.15) is 22.5 Å². The van der Waals surface area contributed by atoms with Gasteiger partial charge < -0.3 is 10.6 Å². The van der Waals surface area contributed by atoms with E-state index in [9.17, 15) is 9.18 Å². The minimum atomic E-state index is -0.345. The van der Waals surface area contributed by atoms with E-state index >= 15 is 0 Å². The van der Waals surface area contributed by atoms with Gasteiger partial charge in [0, 0.05) is 24.1 Å². The van der Waals surface area contributed by atoms with Crippen LogP contribution in [-0.4, -0.2) is 17.4 Å². The number of halogens is 1. The SMILES string of the molecule is O=C(Nc1ccc(F)cc1)c1cc(NCCCc2ccccc2)ccn1. The Bertz CT molecular complexity index is 851. The van der Waals surface area contributed by atoms with Crippen molar-refractivity contribution in [3.05, 3.63) is 90.0 Å². The molecule has 0 aliphatic carbocycles. The molecule has 0 aliphatic rings. The van der Waals surface area contributed by atoms with E-state index in [1.54, 1.807) is 12.3 Å². The molecule has 3 rings (SSSR count). The highest BCUT2D eigenvalue weighted by atomic mass is 19.1. The van der Waals surface area contributed by atoms with Gasteiger partial charge >= 0.3 is 0 Å². The molecule has 5 heteroatoms. The zero-order valence-electron chi connectivity index (χ0n) is 14.3. The first kappa shape index (κ1) is 17.6. The average Bonchev–Trinajstić information content (AvgIpc) is 2.68. The van der Waals surface area contributed by atoms with Gasteiger partial charge in [-0.1, -0.05) is 30.3 Å². The second kappa shape index (κ2) is 8.76. The Kier molecular flexibility index (Phi) is 5.93. The summed E-state index contributed by atoms with van der Waals surface area (Å²) in [6.07, 6.45) is 3.58. The summed E-state index contributed by atoms with van der Waals surface area (Å²) in [7, 11) is 0. The van der Waals surface area contributed by atoms with Crippen molar-refractivity contribution in [3.63, 3.8) is 0 Å². The first-order valence-electron chi connectivity index (χ1n) is 8.51. The number of hydrogen-bond donors (Lipinski definition) is 2. The Morgan fingerprint density at radius 3 is 2.50 bits per heavy atom. The van der Waals surface area contributed by atoms with Crippen molar-refractivity contribution >= 4 is 17.3 Å². The summed E-state index contributed by atoms with van der Waals surface area (Å²) >= 11 is 0. The first-order valence-corrected chi connectivity index (χ1v) is 8.51. The number of aromatic nitrogens is 1. The van der Waals surface area contributed by atoms with Gasteiger partial charge in [0.1, 0.15) is 11.5 Å². The van der Waals surface area contributed by atoms with Crippen LogP contribution in [0.4, 0.5) is 15.8 Å². The van der Waals surface area contributed by atoms with E-state index in [-0.39, 0.29) is 11.7 Å². The lowest BCUT2D eigenvalue weighted by molar-refractivity contribution is 0.102. The van der Waals surface area contributed by atoms with Gasteiger partial charge in [-0.15, -0.1) is 0 Å². The van der Waals surface area contributed by atoms with E-state index in [2.05, 4.69) is 27.8 Å². The predicted molar refractivity (Wildman–Crippen MR) is 102 cm³/mol. The molecular weight excluding hydrogens is 329 g/mol. The molecule has 0 atom stereocenters. The van der Waals surface area contributed by atoms with Crippen LogP contribution < -0.4 is 10.6 Å². The van der Waals surface area contributed by atoms with Gasteiger partial charge in [0.2, 0.25) is 0 Å². The van der Waals surface area contributed by atoms with Crippen molar-refractivity contribution in [1.29, 1.82) is 0 Å². The third-order valence-electron chi connectivity index (χ3n) is 3.91. The molecule has 3 aromatic rings. The number of hydrogen-bond acceptors (Lipinski definition) is 3. The molecule has 0 bridgehead atoms. The number of anilines is 2. The number of aryl methyl sites for hydroxylation is 1. The summed E-state index contributed by atoms with van der Waals surface area (Å²) in [5.74, 6) is -0.674. The molecule has 1 aromatic heterocycles. The van der Waals surface area contributed by atoms with E-state index < -0.39 is 0 Å². The summed E-state index contributed by atoms with van der Waals surface area (Å²) in [4.78, 5) is 16.4. The molecule has 0 aliphatic heterocycles.